The molecule has 0 atom stereocenters. The number of aryl methyl sites for hydroxylation is 2. The van der Waals surface area contributed by atoms with Gasteiger partial charge in [0.15, 0.2) is 6.61 Å². The minimum atomic E-state index is -4.01. The van der Waals surface area contributed by atoms with Gasteiger partial charge in [0.2, 0.25) is 0 Å². The number of benzene rings is 4. The first-order valence-corrected chi connectivity index (χ1v) is 15.2. The first-order chi connectivity index (χ1) is 20.7. The number of nitrogens with one attached hydrogen (secondary N) is 2. The third kappa shape index (κ3) is 9.01. The van der Waals surface area contributed by atoms with E-state index in [0.29, 0.717) is 23.5 Å². The number of sulfonamides is 1. The SMILES string of the molecule is Cc1ccc(N(CC(=O)N/N=C\c2ccc(OCC(=O)NCCc3ccccc3)cc2)S(=O)(=O)c2ccccc2)cc1C. The number of amides is 2. The Labute approximate surface area is 252 Å². The number of hydrazone groups is 1. The van der Waals surface area contributed by atoms with Gasteiger partial charge in [-0.1, -0.05) is 54.6 Å². The maximum atomic E-state index is 13.5. The molecule has 9 nitrogen and oxygen atoms in total. The molecule has 10 heteroatoms. The lowest BCUT2D eigenvalue weighted by molar-refractivity contribution is -0.123. The maximum absolute atomic E-state index is 13.5. The minimum absolute atomic E-state index is 0.0801. The molecule has 2 N–H and O–H groups in total. The summed E-state index contributed by atoms with van der Waals surface area (Å²) in [7, 11) is -4.01. The van der Waals surface area contributed by atoms with Gasteiger partial charge in [-0.25, -0.2) is 13.8 Å². The smallest absolute Gasteiger partial charge is 0.264 e. The molecular formula is C33H34N4O5S. The third-order valence-electron chi connectivity index (χ3n) is 6.63. The molecule has 0 aliphatic carbocycles. The van der Waals surface area contributed by atoms with E-state index < -0.39 is 22.5 Å². The fraction of sp³-hybridized carbons (Fsp3) is 0.182. The summed E-state index contributed by atoms with van der Waals surface area (Å²) in [5.74, 6) is -0.310. The molecule has 0 saturated carbocycles. The van der Waals surface area contributed by atoms with Crippen molar-refractivity contribution in [3.8, 4) is 5.75 Å². The summed E-state index contributed by atoms with van der Waals surface area (Å²) < 4.78 is 33.6. The van der Waals surface area contributed by atoms with Crippen molar-refractivity contribution in [1.82, 2.24) is 10.7 Å². The van der Waals surface area contributed by atoms with Crippen LogP contribution >= 0.6 is 0 Å². The van der Waals surface area contributed by atoms with Gasteiger partial charge in [-0.15, -0.1) is 0 Å². The Morgan fingerprint density at radius 2 is 1.51 bits per heavy atom. The summed E-state index contributed by atoms with van der Waals surface area (Å²) >= 11 is 0. The summed E-state index contributed by atoms with van der Waals surface area (Å²) in [6.07, 6.45) is 2.17. The average molecular weight is 599 g/mol. The van der Waals surface area contributed by atoms with Crippen LogP contribution in [0.1, 0.15) is 22.3 Å². The topological polar surface area (TPSA) is 117 Å². The molecule has 0 bridgehead atoms. The second-order valence-corrected chi connectivity index (χ2v) is 11.7. The molecule has 4 aromatic rings. The van der Waals surface area contributed by atoms with Crippen LogP contribution in [0.4, 0.5) is 5.69 Å². The van der Waals surface area contributed by atoms with Crippen molar-refractivity contribution >= 4 is 33.7 Å². The molecule has 43 heavy (non-hydrogen) atoms. The number of ether oxygens (including phenoxy) is 1. The van der Waals surface area contributed by atoms with Gasteiger partial charge in [-0.05, 0) is 91.1 Å². The maximum Gasteiger partial charge on any atom is 0.264 e. The third-order valence-corrected chi connectivity index (χ3v) is 8.42. The van der Waals surface area contributed by atoms with Crippen LogP contribution in [0, 0.1) is 13.8 Å². The van der Waals surface area contributed by atoms with Gasteiger partial charge in [-0.2, -0.15) is 5.10 Å². The summed E-state index contributed by atoms with van der Waals surface area (Å²) in [5.41, 5.74) is 6.51. The van der Waals surface area contributed by atoms with Crippen molar-refractivity contribution in [2.45, 2.75) is 25.2 Å². The predicted octanol–water partition coefficient (Wildman–Crippen LogP) is 4.39. The van der Waals surface area contributed by atoms with E-state index in [9.17, 15) is 18.0 Å². The molecule has 4 rings (SSSR count). The number of carbonyl (C=O) groups is 2. The zero-order valence-electron chi connectivity index (χ0n) is 24.1. The second-order valence-electron chi connectivity index (χ2n) is 9.83. The molecule has 0 radical (unpaired) electrons. The van der Waals surface area contributed by atoms with Crippen molar-refractivity contribution in [3.05, 3.63) is 125 Å². The van der Waals surface area contributed by atoms with E-state index in [4.69, 9.17) is 4.74 Å². The Kier molecular flexibility index (Phi) is 10.7. The lowest BCUT2D eigenvalue weighted by atomic mass is 10.1. The van der Waals surface area contributed by atoms with Crippen molar-refractivity contribution in [3.63, 3.8) is 0 Å². The van der Waals surface area contributed by atoms with Gasteiger partial charge in [0, 0.05) is 6.54 Å². The lowest BCUT2D eigenvalue weighted by Crippen LogP contribution is -2.39. The fourth-order valence-electron chi connectivity index (χ4n) is 4.10. The van der Waals surface area contributed by atoms with Crippen LogP contribution in [0.5, 0.6) is 5.75 Å². The van der Waals surface area contributed by atoms with Crippen LogP contribution in [0.15, 0.2) is 113 Å². The number of anilines is 1. The molecule has 0 heterocycles. The van der Waals surface area contributed by atoms with E-state index in [0.717, 1.165) is 27.4 Å². The second kappa shape index (κ2) is 14.8. The van der Waals surface area contributed by atoms with E-state index in [1.54, 1.807) is 54.6 Å². The van der Waals surface area contributed by atoms with Gasteiger partial charge in [-0.3, -0.25) is 13.9 Å². The van der Waals surface area contributed by atoms with Crippen molar-refractivity contribution in [2.24, 2.45) is 5.10 Å². The Bertz CT molecular complexity index is 1660. The van der Waals surface area contributed by atoms with E-state index in [1.165, 1.54) is 18.3 Å². The molecule has 2 amide bonds. The zero-order valence-corrected chi connectivity index (χ0v) is 24.9. The molecule has 0 unspecified atom stereocenters. The highest BCUT2D eigenvalue weighted by Gasteiger charge is 2.27. The number of rotatable bonds is 13. The van der Waals surface area contributed by atoms with Crippen LogP contribution in [-0.2, 0) is 26.0 Å². The molecular weight excluding hydrogens is 564 g/mol. The van der Waals surface area contributed by atoms with Gasteiger partial charge in [0.25, 0.3) is 21.8 Å². The summed E-state index contributed by atoms with van der Waals surface area (Å²) in [4.78, 5) is 25.0. The van der Waals surface area contributed by atoms with Gasteiger partial charge >= 0.3 is 0 Å². The monoisotopic (exact) mass is 598 g/mol. The summed E-state index contributed by atoms with van der Waals surface area (Å²) in [5, 5.41) is 6.82. The Morgan fingerprint density at radius 3 is 2.19 bits per heavy atom. The minimum Gasteiger partial charge on any atom is -0.484 e. The quantitative estimate of drug-likeness (QED) is 0.175. The van der Waals surface area contributed by atoms with Crippen LogP contribution in [0.2, 0.25) is 0 Å². The molecule has 0 spiro atoms. The fourth-order valence-corrected chi connectivity index (χ4v) is 5.53. The Morgan fingerprint density at radius 1 is 0.837 bits per heavy atom. The molecule has 0 aliphatic rings. The Balaban J connectivity index is 1.30. The van der Waals surface area contributed by atoms with Crippen LogP contribution in [0.25, 0.3) is 0 Å². The zero-order chi connectivity index (χ0) is 30.7. The van der Waals surface area contributed by atoms with Crippen molar-refractivity contribution in [1.29, 1.82) is 0 Å². The van der Waals surface area contributed by atoms with Crippen molar-refractivity contribution in [2.75, 3.05) is 24.0 Å². The molecule has 0 aliphatic heterocycles. The van der Waals surface area contributed by atoms with Crippen LogP contribution in [-0.4, -0.2) is 46.1 Å². The van der Waals surface area contributed by atoms with E-state index in [-0.39, 0.29) is 17.4 Å². The van der Waals surface area contributed by atoms with Crippen molar-refractivity contribution < 1.29 is 22.7 Å². The highest BCUT2D eigenvalue weighted by Crippen LogP contribution is 2.25. The standard InChI is InChI=1S/C33H34N4O5S/c1-25-13-16-29(21-26(25)2)37(43(40,41)31-11-7-4-8-12-31)23-32(38)36-35-22-28-14-17-30(18-15-28)42-24-33(39)34-20-19-27-9-5-3-6-10-27/h3-18,21-22H,19-20,23-24H2,1-2H3,(H,34,39)(H,36,38)/b35-22-. The molecule has 4 aromatic carbocycles. The highest BCUT2D eigenvalue weighted by molar-refractivity contribution is 7.92. The largest absolute Gasteiger partial charge is 0.484 e. The van der Waals surface area contributed by atoms with Gasteiger partial charge in [0.05, 0.1) is 16.8 Å². The first-order valence-electron chi connectivity index (χ1n) is 13.7. The van der Waals surface area contributed by atoms with Crippen LogP contribution < -0.4 is 19.8 Å². The lowest BCUT2D eigenvalue weighted by Gasteiger charge is -2.24. The van der Waals surface area contributed by atoms with Gasteiger partial charge in [0.1, 0.15) is 12.3 Å². The molecule has 0 aromatic heterocycles. The Hall–Kier alpha value is -4.96. The first kappa shape index (κ1) is 31.0. The van der Waals surface area contributed by atoms with Crippen LogP contribution in [0.3, 0.4) is 0 Å². The van der Waals surface area contributed by atoms with E-state index in [1.807, 2.05) is 50.2 Å². The number of hydrogen-bond acceptors (Lipinski definition) is 6. The van der Waals surface area contributed by atoms with E-state index >= 15 is 0 Å². The number of hydrogen-bond donors (Lipinski definition) is 2. The highest BCUT2D eigenvalue weighted by atomic mass is 32.2. The molecule has 0 saturated heterocycles. The number of nitrogens with zero attached hydrogens (tertiary/aromatic N) is 2. The molecule has 0 fully saturated rings. The number of carbonyl (C=O) groups excluding carboxylic acids is 2. The normalized spacial score (nSPS) is 11.2. The average Bonchev–Trinajstić information content (AvgIpc) is 3.02. The predicted molar refractivity (Wildman–Crippen MR) is 168 cm³/mol. The molecule has 222 valence electrons. The van der Waals surface area contributed by atoms with E-state index in [2.05, 4.69) is 15.8 Å². The van der Waals surface area contributed by atoms with Gasteiger partial charge < -0.3 is 10.1 Å². The summed E-state index contributed by atoms with van der Waals surface area (Å²) in [6, 6.07) is 29.9. The summed E-state index contributed by atoms with van der Waals surface area (Å²) in [6.45, 7) is 3.77.